The molecule has 0 radical (unpaired) electrons. The minimum Gasteiger partial charge on any atom is -0.314 e. The molecule has 1 N–H and O–H groups in total. The molecule has 0 amide bonds. The summed E-state index contributed by atoms with van der Waals surface area (Å²) in [5.74, 6) is 0. The third-order valence-electron chi connectivity index (χ3n) is 1.92. The maximum absolute atomic E-state index is 11.5. The highest BCUT2D eigenvalue weighted by atomic mass is 35.5. The fraction of sp³-hybridized carbons (Fsp3) is 0. The Bertz CT molecular complexity index is 572. The summed E-state index contributed by atoms with van der Waals surface area (Å²) in [6.07, 6.45) is 1.31. The van der Waals surface area contributed by atoms with E-state index in [-0.39, 0.29) is 5.56 Å². The number of aromatic nitrogens is 2. The molecule has 15 heavy (non-hydrogen) atoms. The Balaban J connectivity index is 2.75. The van der Waals surface area contributed by atoms with Crippen molar-refractivity contribution < 1.29 is 0 Å². The van der Waals surface area contributed by atoms with E-state index in [4.69, 9.17) is 11.6 Å². The Labute approximate surface area is 89.8 Å². The maximum atomic E-state index is 11.5. The number of nitrogens with zero attached hydrogens (tertiary/aromatic N) is 1. The van der Waals surface area contributed by atoms with Crippen molar-refractivity contribution >= 4 is 11.6 Å². The number of rotatable bonds is 1. The van der Waals surface area contributed by atoms with Gasteiger partial charge in [-0.3, -0.25) is 4.79 Å². The van der Waals surface area contributed by atoms with Crippen LogP contribution < -0.4 is 11.2 Å². The van der Waals surface area contributed by atoms with Gasteiger partial charge in [-0.2, -0.15) is 0 Å². The molecule has 0 aliphatic rings. The molecule has 0 saturated carbocycles. The van der Waals surface area contributed by atoms with Crippen molar-refractivity contribution in [2.75, 3.05) is 0 Å². The minimum atomic E-state index is -0.482. The van der Waals surface area contributed by atoms with Crippen LogP contribution in [-0.2, 0) is 0 Å². The van der Waals surface area contributed by atoms with Crippen LogP contribution in [0.3, 0.4) is 0 Å². The molecule has 0 aliphatic carbocycles. The maximum Gasteiger partial charge on any atom is 0.332 e. The van der Waals surface area contributed by atoms with E-state index in [1.807, 2.05) is 0 Å². The van der Waals surface area contributed by atoms with Gasteiger partial charge in [0.1, 0.15) is 0 Å². The van der Waals surface area contributed by atoms with E-state index in [0.29, 0.717) is 10.7 Å². The molecule has 0 aliphatic heterocycles. The van der Waals surface area contributed by atoms with Gasteiger partial charge in [0.15, 0.2) is 0 Å². The lowest BCUT2D eigenvalue weighted by atomic mass is 10.3. The second-order valence-corrected chi connectivity index (χ2v) is 3.37. The van der Waals surface area contributed by atoms with Gasteiger partial charge in [-0.1, -0.05) is 17.7 Å². The topological polar surface area (TPSA) is 54.9 Å². The lowest BCUT2D eigenvalue weighted by molar-refractivity contribution is 0.875. The lowest BCUT2D eigenvalue weighted by Crippen LogP contribution is -2.32. The minimum absolute atomic E-state index is 0.388. The largest absolute Gasteiger partial charge is 0.332 e. The van der Waals surface area contributed by atoms with Crippen LogP contribution in [-0.4, -0.2) is 9.55 Å². The Kier molecular flexibility index (Phi) is 2.43. The van der Waals surface area contributed by atoms with Gasteiger partial charge in [0.25, 0.3) is 5.56 Å². The fourth-order valence-electron chi connectivity index (χ4n) is 1.28. The second kappa shape index (κ2) is 3.74. The molecular weight excluding hydrogens is 216 g/mol. The summed E-state index contributed by atoms with van der Waals surface area (Å²) < 4.78 is 1.02. The highest BCUT2D eigenvalue weighted by molar-refractivity contribution is 6.30. The normalized spacial score (nSPS) is 10.2. The zero-order valence-electron chi connectivity index (χ0n) is 7.61. The summed E-state index contributed by atoms with van der Waals surface area (Å²) in [7, 11) is 0. The Morgan fingerprint density at radius 2 is 2.00 bits per heavy atom. The monoisotopic (exact) mass is 222 g/mol. The molecule has 2 aromatic rings. The Hall–Kier alpha value is -1.81. The van der Waals surface area contributed by atoms with Crippen LogP contribution in [0.5, 0.6) is 0 Å². The Morgan fingerprint density at radius 1 is 1.20 bits per heavy atom. The summed E-state index contributed by atoms with van der Waals surface area (Å²) in [6.45, 7) is 0. The summed E-state index contributed by atoms with van der Waals surface area (Å²) >= 11 is 5.77. The molecule has 76 valence electrons. The third-order valence-corrected chi connectivity index (χ3v) is 2.16. The van der Waals surface area contributed by atoms with E-state index in [2.05, 4.69) is 4.98 Å². The van der Waals surface area contributed by atoms with Crippen LogP contribution >= 0.6 is 11.6 Å². The number of benzene rings is 1. The molecule has 1 aromatic carbocycles. The van der Waals surface area contributed by atoms with Gasteiger partial charge in [-0.25, -0.2) is 9.36 Å². The molecule has 0 bridgehead atoms. The van der Waals surface area contributed by atoms with Crippen molar-refractivity contribution in [3.8, 4) is 5.69 Å². The van der Waals surface area contributed by atoms with Crippen LogP contribution in [0.4, 0.5) is 0 Å². The molecule has 2 rings (SSSR count). The molecule has 0 atom stereocenters. The van der Waals surface area contributed by atoms with Crippen molar-refractivity contribution in [1.29, 1.82) is 0 Å². The fourth-order valence-corrected chi connectivity index (χ4v) is 1.47. The van der Waals surface area contributed by atoms with E-state index in [1.54, 1.807) is 24.3 Å². The van der Waals surface area contributed by atoms with Crippen molar-refractivity contribution in [3.05, 3.63) is 62.4 Å². The molecule has 1 heterocycles. The van der Waals surface area contributed by atoms with Gasteiger partial charge >= 0.3 is 5.69 Å². The summed E-state index contributed by atoms with van der Waals surface area (Å²) in [5, 5.41) is 0.475. The zero-order chi connectivity index (χ0) is 10.8. The molecule has 1 aromatic heterocycles. The predicted octanol–water partition coefficient (Wildman–Crippen LogP) is 1.18. The molecule has 0 spiro atoms. The van der Waals surface area contributed by atoms with Crippen LogP contribution in [0.15, 0.2) is 46.1 Å². The van der Waals surface area contributed by atoms with Crippen molar-refractivity contribution in [2.45, 2.75) is 0 Å². The summed E-state index contributed by atoms with van der Waals surface area (Å²) in [4.78, 5) is 25.3. The first-order chi connectivity index (χ1) is 7.18. The van der Waals surface area contributed by atoms with Crippen LogP contribution in [0.25, 0.3) is 5.69 Å². The molecule has 5 heteroatoms. The highest BCUT2D eigenvalue weighted by Crippen LogP contribution is 2.11. The first kappa shape index (κ1) is 9.73. The summed E-state index contributed by atoms with van der Waals surface area (Å²) in [6, 6.07) is 7.83. The van der Waals surface area contributed by atoms with Gasteiger partial charge in [0.05, 0.1) is 5.69 Å². The molecule has 0 unspecified atom stereocenters. The average molecular weight is 223 g/mol. The van der Waals surface area contributed by atoms with Gasteiger partial charge in [-0.05, 0) is 18.2 Å². The molecular formula is C10H7ClN2O2. The van der Waals surface area contributed by atoms with Gasteiger partial charge in [-0.15, -0.1) is 0 Å². The van der Waals surface area contributed by atoms with Gasteiger partial charge in [0.2, 0.25) is 0 Å². The van der Waals surface area contributed by atoms with Crippen LogP contribution in [0.1, 0.15) is 0 Å². The Morgan fingerprint density at radius 3 is 2.67 bits per heavy atom. The van der Waals surface area contributed by atoms with E-state index in [9.17, 15) is 9.59 Å². The van der Waals surface area contributed by atoms with Crippen molar-refractivity contribution in [3.63, 3.8) is 0 Å². The lowest BCUT2D eigenvalue weighted by Gasteiger charge is -2.02. The quantitative estimate of drug-likeness (QED) is 0.788. The number of nitrogens with one attached hydrogen (secondary N) is 1. The highest BCUT2D eigenvalue weighted by Gasteiger charge is 2.02. The molecule has 0 saturated heterocycles. The first-order valence-corrected chi connectivity index (χ1v) is 4.63. The van der Waals surface area contributed by atoms with E-state index in [1.165, 1.54) is 12.3 Å². The number of halogens is 1. The van der Waals surface area contributed by atoms with Crippen LogP contribution in [0.2, 0.25) is 5.02 Å². The number of aromatic amines is 1. The van der Waals surface area contributed by atoms with E-state index < -0.39 is 5.69 Å². The second-order valence-electron chi connectivity index (χ2n) is 2.94. The number of H-pyrrole nitrogens is 1. The third kappa shape index (κ3) is 1.85. The van der Waals surface area contributed by atoms with Gasteiger partial charge < -0.3 is 4.98 Å². The standard InChI is InChI=1S/C10H7ClN2O2/c11-7-2-1-3-8(6-7)13-9(14)4-5-12-10(13)15/h1-6H,(H,12,15). The van der Waals surface area contributed by atoms with Crippen molar-refractivity contribution in [2.24, 2.45) is 0 Å². The average Bonchev–Trinajstić information content (AvgIpc) is 2.17. The number of hydrogen-bond donors (Lipinski definition) is 1. The molecule has 4 nitrogen and oxygen atoms in total. The summed E-state index contributed by atoms with van der Waals surface area (Å²) in [5.41, 5.74) is -0.417. The molecule has 0 fully saturated rings. The first-order valence-electron chi connectivity index (χ1n) is 4.25. The zero-order valence-corrected chi connectivity index (χ0v) is 8.36. The smallest absolute Gasteiger partial charge is 0.314 e. The predicted molar refractivity (Wildman–Crippen MR) is 57.7 cm³/mol. The van der Waals surface area contributed by atoms with Gasteiger partial charge in [0, 0.05) is 17.3 Å². The van der Waals surface area contributed by atoms with E-state index in [0.717, 1.165) is 4.57 Å². The van der Waals surface area contributed by atoms with Crippen molar-refractivity contribution in [1.82, 2.24) is 9.55 Å². The SMILES string of the molecule is O=c1cc[nH]c(=O)n1-c1cccc(Cl)c1. The van der Waals surface area contributed by atoms with E-state index >= 15 is 0 Å². The van der Waals surface area contributed by atoms with Crippen LogP contribution in [0, 0.1) is 0 Å². The number of hydrogen-bond acceptors (Lipinski definition) is 2.